The maximum atomic E-state index is 11.6. The predicted octanol–water partition coefficient (Wildman–Crippen LogP) is 4.77. The summed E-state index contributed by atoms with van der Waals surface area (Å²) in [5.41, 5.74) is 4.19. The number of rotatable bonds is 4. The highest BCUT2D eigenvalue weighted by atomic mass is 16.6. The maximum absolute atomic E-state index is 11.6. The Morgan fingerprint density at radius 1 is 1.14 bits per heavy atom. The molecule has 1 aliphatic heterocycles. The van der Waals surface area contributed by atoms with Crippen LogP contribution in [0.4, 0.5) is 5.69 Å². The Labute approximate surface area is 168 Å². The van der Waals surface area contributed by atoms with Gasteiger partial charge in [0, 0.05) is 47.5 Å². The number of allylic oxidation sites excluding steroid dienone is 5. The molecule has 1 aromatic carbocycles. The summed E-state index contributed by atoms with van der Waals surface area (Å²) in [5.74, 6) is 0. The number of anilines is 1. The van der Waals surface area contributed by atoms with Gasteiger partial charge < -0.3 is 4.90 Å². The molecule has 0 amide bonds. The Kier molecular flexibility index (Phi) is 5.97. The molecule has 28 heavy (non-hydrogen) atoms. The minimum atomic E-state index is -0.335. The Morgan fingerprint density at radius 2 is 1.75 bits per heavy atom. The number of hydrogen-bond donors (Lipinski definition) is 0. The van der Waals surface area contributed by atoms with Gasteiger partial charge in [-0.3, -0.25) is 10.1 Å². The van der Waals surface area contributed by atoms with Gasteiger partial charge in [-0.2, -0.15) is 0 Å². The second kappa shape index (κ2) is 7.74. The van der Waals surface area contributed by atoms with Gasteiger partial charge in [-0.05, 0) is 17.7 Å². The van der Waals surface area contributed by atoms with Crippen LogP contribution in [0.2, 0.25) is 0 Å². The first-order valence-corrected chi connectivity index (χ1v) is 9.50. The standard InChI is InChI=1S/C23H32N3O2/c1-22(2,3)20(24(6)7)15-13-17(26(27)28)14-16-21-23(4,5)18-11-9-10-12-19(18)25(21)8/h9-16H,1-8H3/q+1. The van der Waals surface area contributed by atoms with E-state index in [0.29, 0.717) is 0 Å². The zero-order valence-electron chi connectivity index (χ0n) is 18.3. The molecule has 0 radical (unpaired) electrons. The Balaban J connectivity index is 2.45. The Bertz CT molecular complexity index is 893. The summed E-state index contributed by atoms with van der Waals surface area (Å²) in [4.78, 5) is 13.4. The van der Waals surface area contributed by atoms with Crippen LogP contribution < -0.4 is 4.90 Å². The van der Waals surface area contributed by atoms with Crippen LogP contribution >= 0.6 is 0 Å². The van der Waals surface area contributed by atoms with Crippen molar-refractivity contribution < 1.29 is 9.50 Å². The molecule has 0 aliphatic carbocycles. The number of benzene rings is 1. The third-order valence-electron chi connectivity index (χ3n) is 5.23. The largest absolute Gasteiger partial charge is 0.347 e. The molecule has 5 nitrogen and oxygen atoms in total. The molecule has 0 spiro atoms. The van der Waals surface area contributed by atoms with Crippen molar-refractivity contribution >= 4 is 11.4 Å². The van der Waals surface area contributed by atoms with E-state index in [1.165, 1.54) is 5.56 Å². The Morgan fingerprint density at radius 3 is 2.25 bits per heavy atom. The van der Waals surface area contributed by atoms with E-state index in [9.17, 15) is 10.1 Å². The third-order valence-corrected chi connectivity index (χ3v) is 5.23. The highest BCUT2D eigenvalue weighted by Crippen LogP contribution is 2.46. The molecule has 1 heterocycles. The molecular formula is C23H32N3O2+. The summed E-state index contributed by atoms with van der Waals surface area (Å²) >= 11 is 0. The SMILES string of the molecule is CN1\C(=C/C=C(/C=C\C(=[N+](C)C)C(C)(C)C)[N+](=O)[O-])C(C)(C)c2ccccc21. The van der Waals surface area contributed by atoms with Crippen LogP contribution in [0.15, 0.2) is 60.0 Å². The molecule has 0 fully saturated rings. The van der Waals surface area contributed by atoms with E-state index < -0.39 is 0 Å². The van der Waals surface area contributed by atoms with Crippen molar-refractivity contribution in [2.45, 2.75) is 40.0 Å². The summed E-state index contributed by atoms with van der Waals surface area (Å²) in [6.07, 6.45) is 6.90. The van der Waals surface area contributed by atoms with Gasteiger partial charge in [-0.15, -0.1) is 0 Å². The summed E-state index contributed by atoms with van der Waals surface area (Å²) in [7, 11) is 5.91. The second-order valence-electron chi connectivity index (χ2n) is 8.96. The molecule has 0 aromatic heterocycles. The zero-order chi connectivity index (χ0) is 21.3. The second-order valence-corrected chi connectivity index (χ2v) is 8.96. The number of hydrogen-bond acceptors (Lipinski definition) is 3. The summed E-state index contributed by atoms with van der Waals surface area (Å²) in [6.45, 7) is 10.6. The Hall–Kier alpha value is -2.69. The normalized spacial score (nSPS) is 17.9. The first-order chi connectivity index (χ1) is 12.9. The molecule has 1 aromatic rings. The van der Waals surface area contributed by atoms with Crippen molar-refractivity contribution in [2.24, 2.45) is 5.41 Å². The van der Waals surface area contributed by atoms with E-state index in [-0.39, 0.29) is 21.5 Å². The first kappa shape index (κ1) is 21.6. The maximum Gasteiger partial charge on any atom is 0.269 e. The molecule has 0 atom stereocenters. The van der Waals surface area contributed by atoms with Crippen molar-refractivity contribution in [1.82, 2.24) is 0 Å². The first-order valence-electron chi connectivity index (χ1n) is 9.50. The highest BCUT2D eigenvalue weighted by molar-refractivity contribution is 5.95. The van der Waals surface area contributed by atoms with E-state index in [2.05, 4.69) is 51.7 Å². The molecule has 2 rings (SSSR count). The molecule has 5 heteroatoms. The minimum absolute atomic E-state index is 0.0660. The number of fused-ring (bicyclic) bond motifs is 1. The van der Waals surface area contributed by atoms with Gasteiger partial charge in [0.05, 0.1) is 4.92 Å². The van der Waals surface area contributed by atoms with Crippen molar-refractivity contribution in [3.63, 3.8) is 0 Å². The molecule has 0 unspecified atom stereocenters. The van der Waals surface area contributed by atoms with Gasteiger partial charge in [0.15, 0.2) is 5.71 Å². The van der Waals surface area contributed by atoms with E-state index >= 15 is 0 Å². The lowest BCUT2D eigenvalue weighted by Gasteiger charge is -2.23. The zero-order valence-corrected chi connectivity index (χ0v) is 18.3. The van der Waals surface area contributed by atoms with E-state index in [1.807, 2.05) is 50.0 Å². The highest BCUT2D eigenvalue weighted by Gasteiger charge is 2.37. The van der Waals surface area contributed by atoms with Crippen molar-refractivity contribution in [1.29, 1.82) is 0 Å². The van der Waals surface area contributed by atoms with Crippen LogP contribution in [0.25, 0.3) is 0 Å². The van der Waals surface area contributed by atoms with Gasteiger partial charge >= 0.3 is 0 Å². The fourth-order valence-electron chi connectivity index (χ4n) is 3.88. The fourth-order valence-corrected chi connectivity index (χ4v) is 3.88. The van der Waals surface area contributed by atoms with Gasteiger partial charge in [-0.1, -0.05) is 52.8 Å². The van der Waals surface area contributed by atoms with Crippen molar-refractivity contribution in [2.75, 3.05) is 26.0 Å². The summed E-state index contributed by atoms with van der Waals surface area (Å²) < 4.78 is 2.00. The number of nitrogens with zero attached hydrogens (tertiary/aromatic N) is 3. The third kappa shape index (κ3) is 4.24. The molecule has 0 N–H and O–H groups in total. The molecule has 0 bridgehead atoms. The molecule has 1 aliphatic rings. The lowest BCUT2D eigenvalue weighted by atomic mass is 9.84. The van der Waals surface area contributed by atoms with Crippen molar-refractivity contribution in [3.05, 3.63) is 75.6 Å². The number of likely N-dealkylation sites (N-methyl/N-ethyl adjacent to an activating group) is 1. The monoisotopic (exact) mass is 382 g/mol. The molecule has 0 saturated carbocycles. The van der Waals surface area contributed by atoms with Crippen LogP contribution in [-0.2, 0) is 5.41 Å². The minimum Gasteiger partial charge on any atom is -0.347 e. The van der Waals surface area contributed by atoms with Gasteiger partial charge in [0.1, 0.15) is 14.1 Å². The van der Waals surface area contributed by atoms with Gasteiger partial charge in [-0.25, -0.2) is 4.58 Å². The van der Waals surface area contributed by atoms with Crippen LogP contribution in [-0.4, -0.2) is 36.4 Å². The smallest absolute Gasteiger partial charge is 0.269 e. The van der Waals surface area contributed by atoms with E-state index in [0.717, 1.165) is 17.1 Å². The average Bonchev–Trinajstić information content (AvgIpc) is 2.76. The van der Waals surface area contributed by atoms with Crippen LogP contribution in [0, 0.1) is 15.5 Å². The lowest BCUT2D eigenvalue weighted by Crippen LogP contribution is -2.26. The lowest BCUT2D eigenvalue weighted by molar-refractivity contribution is -0.467. The van der Waals surface area contributed by atoms with Crippen LogP contribution in [0.5, 0.6) is 0 Å². The van der Waals surface area contributed by atoms with Gasteiger partial charge in [0.2, 0.25) is 0 Å². The molecule has 150 valence electrons. The molecular weight excluding hydrogens is 350 g/mol. The summed E-state index contributed by atoms with van der Waals surface area (Å²) in [5, 5.41) is 11.6. The van der Waals surface area contributed by atoms with E-state index in [4.69, 9.17) is 0 Å². The average molecular weight is 383 g/mol. The van der Waals surface area contributed by atoms with Gasteiger partial charge in [0.25, 0.3) is 5.70 Å². The quantitative estimate of drug-likeness (QED) is 0.248. The number of para-hydroxylation sites is 1. The van der Waals surface area contributed by atoms with Crippen LogP contribution in [0.3, 0.4) is 0 Å². The topological polar surface area (TPSA) is 49.4 Å². The summed E-state index contributed by atoms with van der Waals surface area (Å²) in [6, 6.07) is 8.24. The number of nitro groups is 1. The van der Waals surface area contributed by atoms with Crippen LogP contribution in [0.1, 0.15) is 40.2 Å². The predicted molar refractivity (Wildman–Crippen MR) is 117 cm³/mol. The van der Waals surface area contributed by atoms with Crippen molar-refractivity contribution in [3.8, 4) is 0 Å². The fraction of sp³-hybridized carbons (Fsp3) is 0.435. The van der Waals surface area contributed by atoms with E-state index in [1.54, 1.807) is 12.2 Å². The molecule has 0 saturated heterocycles.